The molecule has 6 rings (SSSR count). The molecule has 0 N–H and O–H groups in total. The van der Waals surface area contributed by atoms with Gasteiger partial charge in [0.1, 0.15) is 7.85 Å². The van der Waals surface area contributed by atoms with Crippen molar-refractivity contribution < 1.29 is 0 Å². The van der Waals surface area contributed by atoms with Gasteiger partial charge < -0.3 is 0 Å². The highest BCUT2D eigenvalue weighted by atomic mass is 14.9. The molecule has 3 heteroatoms. The van der Waals surface area contributed by atoms with Gasteiger partial charge in [-0.05, 0) is 28.0 Å². The van der Waals surface area contributed by atoms with E-state index in [0.29, 0.717) is 5.82 Å². The quantitative estimate of drug-likeness (QED) is 0.271. The maximum Gasteiger partial charge on any atom is 0.160 e. The van der Waals surface area contributed by atoms with E-state index in [0.717, 1.165) is 44.5 Å². The van der Waals surface area contributed by atoms with E-state index in [4.69, 9.17) is 17.8 Å². The number of aromatic nitrogens is 2. The van der Waals surface area contributed by atoms with Crippen molar-refractivity contribution >= 4 is 24.1 Å². The molecule has 0 amide bonds. The summed E-state index contributed by atoms with van der Waals surface area (Å²) in [4.78, 5) is 9.97. The molecule has 0 aliphatic rings. The van der Waals surface area contributed by atoms with Crippen molar-refractivity contribution in [3.8, 4) is 45.0 Å². The first kappa shape index (κ1) is 21.1. The zero-order valence-corrected chi connectivity index (χ0v) is 19.1. The first-order chi connectivity index (χ1) is 17.3. The van der Waals surface area contributed by atoms with E-state index in [9.17, 15) is 0 Å². The molecule has 1 heterocycles. The molecule has 162 valence electrons. The summed E-state index contributed by atoms with van der Waals surface area (Å²) in [5.74, 6) is 0.716. The number of rotatable bonds is 4. The number of hydrogen-bond donors (Lipinski definition) is 0. The lowest BCUT2D eigenvalue weighted by Gasteiger charge is -2.14. The predicted octanol–water partition coefficient (Wildman–Crippen LogP) is 7.09. The van der Waals surface area contributed by atoms with Gasteiger partial charge in [-0.2, -0.15) is 0 Å². The predicted molar refractivity (Wildman–Crippen MR) is 147 cm³/mol. The van der Waals surface area contributed by atoms with E-state index in [2.05, 4.69) is 78.9 Å². The van der Waals surface area contributed by atoms with Gasteiger partial charge in [0.25, 0.3) is 0 Å². The Hall–Kier alpha value is -4.50. The summed E-state index contributed by atoms with van der Waals surface area (Å²) in [6.45, 7) is 0. The van der Waals surface area contributed by atoms with Gasteiger partial charge in [-0.1, -0.05) is 127 Å². The minimum atomic E-state index is 0.716. The van der Waals surface area contributed by atoms with Gasteiger partial charge >= 0.3 is 0 Å². The smallest absolute Gasteiger partial charge is 0.160 e. The minimum absolute atomic E-state index is 0.716. The second kappa shape index (κ2) is 9.04. The highest BCUT2D eigenvalue weighted by molar-refractivity contribution is 6.32. The molecule has 0 aliphatic carbocycles. The minimum Gasteiger partial charge on any atom is -0.228 e. The van der Waals surface area contributed by atoms with Crippen LogP contribution in [0, 0.1) is 0 Å². The van der Waals surface area contributed by atoms with Crippen LogP contribution < -0.4 is 5.46 Å². The molecule has 5 aromatic carbocycles. The molecule has 0 spiro atoms. The fourth-order valence-corrected chi connectivity index (χ4v) is 4.50. The molecular formula is C32H21BN2. The highest BCUT2D eigenvalue weighted by Crippen LogP contribution is 2.36. The average Bonchev–Trinajstić information content (AvgIpc) is 2.94. The van der Waals surface area contributed by atoms with Gasteiger partial charge in [0.05, 0.1) is 11.4 Å². The molecule has 0 aliphatic heterocycles. The Kier molecular flexibility index (Phi) is 5.44. The van der Waals surface area contributed by atoms with Gasteiger partial charge in [-0.15, -0.1) is 0 Å². The number of fused-ring (bicyclic) bond motifs is 1. The zero-order chi connectivity index (χ0) is 23.6. The van der Waals surface area contributed by atoms with E-state index < -0.39 is 0 Å². The van der Waals surface area contributed by atoms with Crippen molar-refractivity contribution in [2.45, 2.75) is 0 Å². The maximum absolute atomic E-state index is 5.93. The van der Waals surface area contributed by atoms with Gasteiger partial charge in [0.15, 0.2) is 5.82 Å². The molecule has 0 atom stereocenters. The summed E-state index contributed by atoms with van der Waals surface area (Å²) in [6.07, 6.45) is 0. The summed E-state index contributed by atoms with van der Waals surface area (Å²) in [5.41, 5.74) is 8.02. The van der Waals surface area contributed by atoms with Crippen LogP contribution in [0.5, 0.6) is 0 Å². The Morgan fingerprint density at radius 2 is 0.971 bits per heavy atom. The van der Waals surface area contributed by atoms with Crippen molar-refractivity contribution in [3.63, 3.8) is 0 Å². The van der Waals surface area contributed by atoms with E-state index in [1.807, 2.05) is 48.5 Å². The average molecular weight is 444 g/mol. The van der Waals surface area contributed by atoms with E-state index in [1.54, 1.807) is 0 Å². The molecule has 6 aromatic rings. The van der Waals surface area contributed by atoms with Crippen molar-refractivity contribution in [3.05, 3.63) is 127 Å². The van der Waals surface area contributed by atoms with E-state index >= 15 is 0 Å². The highest BCUT2D eigenvalue weighted by Gasteiger charge is 2.14. The summed E-state index contributed by atoms with van der Waals surface area (Å²) in [6, 6.07) is 43.4. The Balaban J connectivity index is 1.58. The standard InChI is InChI=1S/C32H21BN2/c33-25-17-15-22(16-18-25)26-19-20-29(28-14-8-7-13-27(26)28)31-21-30(23-9-3-1-4-10-23)34-32(35-31)24-11-5-2-6-12-24/h1-21H. The zero-order valence-electron chi connectivity index (χ0n) is 19.1. The van der Waals surface area contributed by atoms with E-state index in [1.165, 1.54) is 10.9 Å². The van der Waals surface area contributed by atoms with Crippen molar-refractivity contribution in [1.29, 1.82) is 0 Å². The number of nitrogens with zero attached hydrogens (tertiary/aromatic N) is 2. The van der Waals surface area contributed by atoms with E-state index in [-0.39, 0.29) is 0 Å². The molecular weight excluding hydrogens is 423 g/mol. The lowest BCUT2D eigenvalue weighted by molar-refractivity contribution is 1.18. The van der Waals surface area contributed by atoms with Gasteiger partial charge in [-0.25, -0.2) is 9.97 Å². The molecule has 2 radical (unpaired) electrons. The Bertz CT molecular complexity index is 1570. The van der Waals surface area contributed by atoms with Crippen LogP contribution in [0.4, 0.5) is 0 Å². The van der Waals surface area contributed by atoms with Crippen molar-refractivity contribution in [2.24, 2.45) is 0 Å². The first-order valence-electron chi connectivity index (χ1n) is 11.6. The Morgan fingerprint density at radius 1 is 0.429 bits per heavy atom. The van der Waals surface area contributed by atoms with Crippen LogP contribution in [-0.2, 0) is 0 Å². The molecule has 0 fully saturated rings. The third kappa shape index (κ3) is 4.13. The van der Waals surface area contributed by atoms with Gasteiger partial charge in [0.2, 0.25) is 0 Å². The lowest BCUT2D eigenvalue weighted by atomic mass is 9.90. The second-order valence-electron chi connectivity index (χ2n) is 8.52. The van der Waals surface area contributed by atoms with Crippen LogP contribution in [0.2, 0.25) is 0 Å². The lowest BCUT2D eigenvalue weighted by Crippen LogP contribution is -1.99. The number of hydrogen-bond acceptors (Lipinski definition) is 2. The molecule has 0 bridgehead atoms. The SMILES string of the molecule is [B]c1ccc(-c2ccc(-c3cc(-c4ccccc4)nc(-c4ccccc4)n3)c3ccccc23)cc1. The molecule has 0 unspecified atom stereocenters. The summed E-state index contributed by atoms with van der Waals surface area (Å²) in [5, 5.41) is 2.33. The second-order valence-corrected chi connectivity index (χ2v) is 8.52. The van der Waals surface area contributed by atoms with Crippen molar-refractivity contribution in [1.82, 2.24) is 9.97 Å². The van der Waals surface area contributed by atoms with Crippen LogP contribution in [0.15, 0.2) is 127 Å². The largest absolute Gasteiger partial charge is 0.228 e. The number of benzene rings is 5. The monoisotopic (exact) mass is 444 g/mol. The van der Waals surface area contributed by atoms with Gasteiger partial charge in [0, 0.05) is 16.7 Å². The fourth-order valence-electron chi connectivity index (χ4n) is 4.50. The topological polar surface area (TPSA) is 25.8 Å². The third-order valence-corrected chi connectivity index (χ3v) is 6.25. The molecule has 2 nitrogen and oxygen atoms in total. The van der Waals surface area contributed by atoms with Crippen LogP contribution in [0.3, 0.4) is 0 Å². The Labute approximate surface area is 206 Å². The summed E-state index contributed by atoms with van der Waals surface area (Å²) >= 11 is 0. The summed E-state index contributed by atoms with van der Waals surface area (Å²) in [7, 11) is 5.93. The first-order valence-corrected chi connectivity index (χ1v) is 11.6. The molecule has 35 heavy (non-hydrogen) atoms. The maximum atomic E-state index is 5.93. The molecule has 0 saturated heterocycles. The fraction of sp³-hybridized carbons (Fsp3) is 0. The van der Waals surface area contributed by atoms with Crippen LogP contribution >= 0.6 is 0 Å². The van der Waals surface area contributed by atoms with Crippen molar-refractivity contribution in [2.75, 3.05) is 0 Å². The molecule has 1 aromatic heterocycles. The van der Waals surface area contributed by atoms with Gasteiger partial charge in [-0.3, -0.25) is 0 Å². The Morgan fingerprint density at radius 3 is 1.66 bits per heavy atom. The van der Waals surface area contributed by atoms with Crippen LogP contribution in [0.25, 0.3) is 55.8 Å². The third-order valence-electron chi connectivity index (χ3n) is 6.25. The van der Waals surface area contributed by atoms with Crippen LogP contribution in [0.1, 0.15) is 0 Å². The summed E-state index contributed by atoms with van der Waals surface area (Å²) < 4.78 is 0. The van der Waals surface area contributed by atoms with Crippen LogP contribution in [-0.4, -0.2) is 17.8 Å². The normalized spacial score (nSPS) is 11.0. The molecule has 0 saturated carbocycles.